The van der Waals surface area contributed by atoms with Gasteiger partial charge < -0.3 is 14.2 Å². The van der Waals surface area contributed by atoms with E-state index in [2.05, 4.69) is 29.9 Å². The average Bonchev–Trinajstić information content (AvgIpc) is 3.15. The molecule has 1 aliphatic rings. The molecule has 0 amide bonds. The Morgan fingerprint density at radius 3 is 2.63 bits per heavy atom. The molecule has 3 aromatic rings. The van der Waals surface area contributed by atoms with Crippen molar-refractivity contribution in [2.24, 2.45) is 0 Å². The summed E-state index contributed by atoms with van der Waals surface area (Å²) in [5, 5.41) is 7.32. The highest BCUT2D eigenvalue weighted by molar-refractivity contribution is 7.93. The lowest BCUT2D eigenvalue weighted by Gasteiger charge is -2.26. The largest absolute Gasteiger partial charge is 0.489 e. The van der Waals surface area contributed by atoms with Crippen LogP contribution in [-0.4, -0.2) is 69.8 Å². The number of aryl methyl sites for hydroxylation is 1. The van der Waals surface area contributed by atoms with E-state index >= 15 is 0 Å². The van der Waals surface area contributed by atoms with Gasteiger partial charge in [0.1, 0.15) is 29.4 Å². The molecule has 1 aliphatic heterocycles. The number of fused-ring (bicyclic) bond motifs is 3. The average molecular weight is 504 g/mol. The molecule has 0 aliphatic carbocycles. The topological polar surface area (TPSA) is 143 Å². The van der Waals surface area contributed by atoms with E-state index in [4.69, 9.17) is 14.2 Å². The van der Waals surface area contributed by atoms with Crippen molar-refractivity contribution in [3.05, 3.63) is 42.1 Å². The lowest BCUT2D eigenvalue weighted by molar-refractivity contribution is 0.00152. The first-order valence-electron chi connectivity index (χ1n) is 11.2. The molecule has 0 saturated carbocycles. The minimum Gasteiger partial charge on any atom is -0.489 e. The molecule has 188 valence electrons. The summed E-state index contributed by atoms with van der Waals surface area (Å²) in [5.74, 6) is 1.22. The number of rotatable bonds is 9. The van der Waals surface area contributed by atoms with Crippen molar-refractivity contribution in [2.75, 3.05) is 25.0 Å². The monoisotopic (exact) mass is 503 g/mol. The summed E-state index contributed by atoms with van der Waals surface area (Å²) in [6.45, 7) is 7.52. The Balaban J connectivity index is 1.70. The number of hydrogen-bond donors (Lipinski definition) is 1. The third-order valence-corrected chi connectivity index (χ3v) is 7.15. The van der Waals surface area contributed by atoms with E-state index < -0.39 is 27.4 Å². The quantitative estimate of drug-likeness (QED) is 0.462. The zero-order valence-corrected chi connectivity index (χ0v) is 21.1. The molecule has 35 heavy (non-hydrogen) atoms. The first kappa shape index (κ1) is 24.9. The summed E-state index contributed by atoms with van der Waals surface area (Å²) < 4.78 is 48.5. The SMILES string of the molecule is COC[C@H]1COc2cccnc2-c2nnc(NS(=O)(=O)[C@@H](C)[C@@H](OC(C)C)c3ncc(C)cn3)n21. The first-order chi connectivity index (χ1) is 16.7. The van der Waals surface area contributed by atoms with E-state index in [1.54, 1.807) is 49.3 Å². The Hall–Kier alpha value is -3.16. The van der Waals surface area contributed by atoms with Gasteiger partial charge in [0.15, 0.2) is 11.6 Å². The van der Waals surface area contributed by atoms with E-state index in [0.717, 1.165) is 5.56 Å². The summed E-state index contributed by atoms with van der Waals surface area (Å²) >= 11 is 0. The van der Waals surface area contributed by atoms with Crippen LogP contribution in [0.15, 0.2) is 30.7 Å². The fourth-order valence-electron chi connectivity index (χ4n) is 3.73. The molecular weight excluding hydrogens is 474 g/mol. The first-order valence-corrected chi connectivity index (χ1v) is 12.7. The van der Waals surface area contributed by atoms with E-state index in [1.165, 1.54) is 0 Å². The number of ether oxygens (including phenoxy) is 3. The molecule has 4 heterocycles. The predicted octanol–water partition coefficient (Wildman–Crippen LogP) is 2.31. The van der Waals surface area contributed by atoms with Crippen molar-refractivity contribution >= 4 is 16.0 Å². The molecule has 0 bridgehead atoms. The van der Waals surface area contributed by atoms with Gasteiger partial charge in [-0.15, -0.1) is 10.2 Å². The van der Waals surface area contributed by atoms with Gasteiger partial charge in [-0.25, -0.2) is 23.4 Å². The van der Waals surface area contributed by atoms with Crippen molar-refractivity contribution in [1.82, 2.24) is 29.7 Å². The molecule has 0 aromatic carbocycles. The van der Waals surface area contributed by atoms with Gasteiger partial charge in [-0.05, 0) is 45.4 Å². The van der Waals surface area contributed by atoms with Crippen LogP contribution in [0.3, 0.4) is 0 Å². The summed E-state index contributed by atoms with van der Waals surface area (Å²) in [7, 11) is -2.47. The van der Waals surface area contributed by atoms with Gasteiger partial charge >= 0.3 is 0 Å². The van der Waals surface area contributed by atoms with Crippen LogP contribution >= 0.6 is 0 Å². The Morgan fingerprint density at radius 2 is 1.94 bits per heavy atom. The Kier molecular flexibility index (Phi) is 7.28. The molecule has 0 spiro atoms. The lowest BCUT2D eigenvalue weighted by atomic mass is 10.2. The Labute approximate surface area is 204 Å². The maximum Gasteiger partial charge on any atom is 0.240 e. The Morgan fingerprint density at radius 1 is 1.20 bits per heavy atom. The van der Waals surface area contributed by atoms with Crippen molar-refractivity contribution < 1.29 is 22.6 Å². The number of sulfonamides is 1. The minimum atomic E-state index is -4.03. The maximum absolute atomic E-state index is 13.5. The van der Waals surface area contributed by atoms with Crippen LogP contribution in [-0.2, 0) is 19.5 Å². The Bertz CT molecular complexity index is 1260. The fraction of sp³-hybridized carbons (Fsp3) is 0.500. The van der Waals surface area contributed by atoms with Crippen LogP contribution in [0, 0.1) is 6.92 Å². The third-order valence-electron chi connectivity index (χ3n) is 5.46. The summed E-state index contributed by atoms with van der Waals surface area (Å²) in [5.41, 5.74) is 1.32. The molecule has 12 nitrogen and oxygen atoms in total. The molecule has 0 radical (unpaired) electrons. The number of anilines is 1. The predicted molar refractivity (Wildman–Crippen MR) is 127 cm³/mol. The molecule has 0 fully saturated rings. The highest BCUT2D eigenvalue weighted by Crippen LogP contribution is 2.35. The minimum absolute atomic E-state index is 0.0316. The van der Waals surface area contributed by atoms with Crippen LogP contribution in [0.5, 0.6) is 5.75 Å². The van der Waals surface area contributed by atoms with E-state index in [9.17, 15) is 8.42 Å². The summed E-state index contributed by atoms with van der Waals surface area (Å²) in [6, 6.07) is 3.14. The molecule has 1 N–H and O–H groups in total. The number of aromatic nitrogens is 6. The standard InChI is InChI=1S/C22H29N7O5S/c1-13(2)34-19(20-24-9-14(3)10-25-20)15(4)35(30,31)28-22-27-26-21-18-17(7-6-8-23-18)33-12-16(11-32-5)29(21)22/h6-10,13,15-16,19H,11-12H2,1-5H3,(H,27,28)/t15-,16-,19+/m0/s1. The highest BCUT2D eigenvalue weighted by Gasteiger charge is 2.37. The molecular formula is C22H29N7O5S. The van der Waals surface area contributed by atoms with Crippen LogP contribution < -0.4 is 9.46 Å². The van der Waals surface area contributed by atoms with Crippen LogP contribution in [0.1, 0.15) is 44.3 Å². The number of methoxy groups -OCH3 is 1. The van der Waals surface area contributed by atoms with E-state index in [0.29, 0.717) is 17.3 Å². The lowest BCUT2D eigenvalue weighted by Crippen LogP contribution is -2.35. The van der Waals surface area contributed by atoms with Gasteiger partial charge in [0.2, 0.25) is 16.0 Å². The van der Waals surface area contributed by atoms with Crippen molar-refractivity contribution in [3.63, 3.8) is 0 Å². The molecule has 3 atom stereocenters. The van der Waals surface area contributed by atoms with Gasteiger partial charge in [0, 0.05) is 25.7 Å². The molecule has 4 rings (SSSR count). The van der Waals surface area contributed by atoms with Gasteiger partial charge in [-0.1, -0.05) is 0 Å². The smallest absolute Gasteiger partial charge is 0.240 e. The van der Waals surface area contributed by atoms with Crippen LogP contribution in [0.2, 0.25) is 0 Å². The van der Waals surface area contributed by atoms with Gasteiger partial charge in [0.25, 0.3) is 0 Å². The highest BCUT2D eigenvalue weighted by atomic mass is 32.2. The maximum atomic E-state index is 13.5. The normalized spacial score (nSPS) is 17.1. The molecule has 13 heteroatoms. The molecule has 0 unspecified atom stereocenters. The van der Waals surface area contributed by atoms with Crippen molar-refractivity contribution in [1.29, 1.82) is 0 Å². The zero-order valence-electron chi connectivity index (χ0n) is 20.2. The second-order valence-corrected chi connectivity index (χ2v) is 10.6. The van der Waals surface area contributed by atoms with Gasteiger partial charge in [-0.2, -0.15) is 0 Å². The third kappa shape index (κ3) is 5.26. The van der Waals surface area contributed by atoms with E-state index in [1.807, 2.05) is 20.8 Å². The van der Waals surface area contributed by atoms with Crippen molar-refractivity contribution in [3.8, 4) is 17.3 Å². The molecule has 0 saturated heterocycles. The van der Waals surface area contributed by atoms with Crippen molar-refractivity contribution in [2.45, 2.75) is 51.2 Å². The number of pyridine rings is 1. The van der Waals surface area contributed by atoms with Gasteiger partial charge in [-0.3, -0.25) is 9.29 Å². The molecule has 3 aromatic heterocycles. The van der Waals surface area contributed by atoms with Crippen LogP contribution in [0.25, 0.3) is 11.5 Å². The number of nitrogens with zero attached hydrogens (tertiary/aromatic N) is 6. The second-order valence-electron chi connectivity index (χ2n) is 8.56. The fourth-order valence-corrected chi connectivity index (χ4v) is 4.82. The second kappa shape index (κ2) is 10.2. The number of hydrogen-bond acceptors (Lipinski definition) is 10. The summed E-state index contributed by atoms with van der Waals surface area (Å²) in [6.07, 6.45) is 3.71. The zero-order chi connectivity index (χ0) is 25.2. The van der Waals surface area contributed by atoms with E-state index in [-0.39, 0.29) is 31.1 Å². The van der Waals surface area contributed by atoms with Gasteiger partial charge in [0.05, 0.1) is 18.8 Å². The number of nitrogens with one attached hydrogen (secondary N) is 1. The summed E-state index contributed by atoms with van der Waals surface area (Å²) in [4.78, 5) is 13.0. The van der Waals surface area contributed by atoms with Crippen LogP contribution in [0.4, 0.5) is 5.95 Å².